The molecule has 1 unspecified atom stereocenters. The molecule has 0 spiro atoms. The Balaban J connectivity index is 1.50. The lowest BCUT2D eigenvalue weighted by atomic mass is 9.68. The van der Waals surface area contributed by atoms with Crippen molar-refractivity contribution in [2.24, 2.45) is 16.7 Å². The average Bonchev–Trinajstić information content (AvgIpc) is 2.99. The molecule has 0 aromatic rings. The second-order valence-corrected chi connectivity index (χ2v) is 7.89. The lowest BCUT2D eigenvalue weighted by molar-refractivity contribution is -0.121. The van der Waals surface area contributed by atoms with Crippen LogP contribution in [0.4, 0.5) is 0 Å². The van der Waals surface area contributed by atoms with Gasteiger partial charge in [0.05, 0.1) is 0 Å². The van der Waals surface area contributed by atoms with Crippen LogP contribution >= 0.6 is 0 Å². The van der Waals surface area contributed by atoms with Gasteiger partial charge >= 0.3 is 0 Å². The third kappa shape index (κ3) is 2.42. The van der Waals surface area contributed by atoms with Gasteiger partial charge in [0.15, 0.2) is 0 Å². The van der Waals surface area contributed by atoms with Gasteiger partial charge in [-0.25, -0.2) is 0 Å². The van der Waals surface area contributed by atoms with Gasteiger partial charge in [0.1, 0.15) is 0 Å². The molecule has 108 valence electrons. The van der Waals surface area contributed by atoms with Gasteiger partial charge < -0.3 is 10.6 Å². The maximum Gasteiger partial charge on any atom is 0.221 e. The van der Waals surface area contributed by atoms with Crippen LogP contribution in [0.1, 0.15) is 59.3 Å². The molecule has 19 heavy (non-hydrogen) atoms. The predicted molar refractivity (Wildman–Crippen MR) is 76.8 cm³/mol. The Bertz CT molecular complexity index is 370. The largest absolute Gasteiger partial charge is 0.353 e. The van der Waals surface area contributed by atoms with Crippen LogP contribution < -0.4 is 10.6 Å². The molecule has 2 bridgehead atoms. The van der Waals surface area contributed by atoms with Crippen LogP contribution in [0, 0.1) is 16.7 Å². The monoisotopic (exact) mass is 264 g/mol. The molecule has 3 nitrogen and oxygen atoms in total. The fraction of sp³-hybridized carbons (Fsp3) is 0.938. The van der Waals surface area contributed by atoms with Crippen molar-refractivity contribution in [3.8, 4) is 0 Å². The minimum atomic E-state index is 0.223. The second kappa shape index (κ2) is 4.47. The number of hydrogen-bond donors (Lipinski definition) is 2. The van der Waals surface area contributed by atoms with E-state index in [4.69, 9.17) is 0 Å². The van der Waals surface area contributed by atoms with Crippen LogP contribution in [0.5, 0.6) is 0 Å². The van der Waals surface area contributed by atoms with Crippen molar-refractivity contribution in [1.29, 1.82) is 0 Å². The number of carbonyl (C=O) groups is 1. The number of nitrogens with one attached hydrogen (secondary N) is 2. The standard InChI is InChI=1S/C16H28N2O/c1-15(2)11-6-8-16(3,10-11)14(15)17-9-7-13(19)18-12-4-5-12/h11-12,14,17H,4-10H2,1-3H3,(H,18,19)/t11-,14?,16+/m0/s1. The highest BCUT2D eigenvalue weighted by Gasteiger charge is 2.58. The van der Waals surface area contributed by atoms with Crippen molar-refractivity contribution in [1.82, 2.24) is 10.6 Å². The maximum atomic E-state index is 11.7. The summed E-state index contributed by atoms with van der Waals surface area (Å²) in [6.07, 6.45) is 7.09. The molecule has 3 rings (SSSR count). The van der Waals surface area contributed by atoms with Crippen LogP contribution in [0.2, 0.25) is 0 Å². The molecular formula is C16H28N2O. The zero-order chi connectivity index (χ0) is 13.7. The van der Waals surface area contributed by atoms with Gasteiger partial charge in [-0.2, -0.15) is 0 Å². The zero-order valence-corrected chi connectivity index (χ0v) is 12.6. The topological polar surface area (TPSA) is 41.1 Å². The Labute approximate surface area is 116 Å². The molecule has 3 aliphatic carbocycles. The van der Waals surface area contributed by atoms with Crippen molar-refractivity contribution in [3.05, 3.63) is 0 Å². The third-order valence-corrected chi connectivity index (χ3v) is 5.91. The summed E-state index contributed by atoms with van der Waals surface area (Å²) < 4.78 is 0. The van der Waals surface area contributed by atoms with Crippen LogP contribution in [0.15, 0.2) is 0 Å². The fourth-order valence-corrected chi connectivity index (χ4v) is 4.67. The molecule has 0 saturated heterocycles. The molecule has 3 heteroatoms. The number of hydrogen-bond acceptors (Lipinski definition) is 2. The second-order valence-electron chi connectivity index (χ2n) is 7.89. The Morgan fingerprint density at radius 3 is 2.53 bits per heavy atom. The highest BCUT2D eigenvalue weighted by molar-refractivity contribution is 5.76. The summed E-state index contributed by atoms with van der Waals surface area (Å²) in [6, 6.07) is 1.07. The van der Waals surface area contributed by atoms with Crippen LogP contribution in [-0.2, 0) is 4.79 Å². The number of rotatable bonds is 5. The predicted octanol–water partition coefficient (Wildman–Crippen LogP) is 2.46. The molecule has 3 aliphatic rings. The number of carbonyl (C=O) groups excluding carboxylic acids is 1. The molecule has 0 aromatic carbocycles. The van der Waals surface area contributed by atoms with Gasteiger partial charge in [-0.1, -0.05) is 20.8 Å². The van der Waals surface area contributed by atoms with E-state index in [9.17, 15) is 4.79 Å². The molecule has 3 saturated carbocycles. The highest BCUT2D eigenvalue weighted by Crippen LogP contribution is 2.62. The van der Waals surface area contributed by atoms with Crippen molar-refractivity contribution in [3.63, 3.8) is 0 Å². The van der Waals surface area contributed by atoms with E-state index in [0.717, 1.165) is 12.5 Å². The van der Waals surface area contributed by atoms with Crippen LogP contribution in [0.3, 0.4) is 0 Å². The average molecular weight is 264 g/mol. The first-order valence-corrected chi connectivity index (χ1v) is 7.94. The van der Waals surface area contributed by atoms with E-state index in [1.54, 1.807) is 0 Å². The first-order valence-electron chi connectivity index (χ1n) is 7.94. The van der Waals surface area contributed by atoms with E-state index >= 15 is 0 Å². The Hall–Kier alpha value is -0.570. The molecule has 0 aromatic heterocycles. The Kier molecular flexibility index (Phi) is 3.16. The summed E-state index contributed by atoms with van der Waals surface area (Å²) in [5.74, 6) is 1.09. The Morgan fingerprint density at radius 1 is 1.21 bits per heavy atom. The molecule has 3 fully saturated rings. The zero-order valence-electron chi connectivity index (χ0n) is 12.6. The summed E-state index contributed by atoms with van der Waals surface area (Å²) >= 11 is 0. The summed E-state index contributed by atoms with van der Waals surface area (Å²) in [7, 11) is 0. The summed E-state index contributed by atoms with van der Waals surface area (Å²) in [4.78, 5) is 11.7. The quantitative estimate of drug-likeness (QED) is 0.801. The van der Waals surface area contributed by atoms with Crippen molar-refractivity contribution < 1.29 is 4.79 Å². The van der Waals surface area contributed by atoms with E-state index in [0.29, 0.717) is 29.3 Å². The fourth-order valence-electron chi connectivity index (χ4n) is 4.67. The van der Waals surface area contributed by atoms with Crippen molar-refractivity contribution in [2.45, 2.75) is 71.4 Å². The van der Waals surface area contributed by atoms with E-state index in [-0.39, 0.29) is 5.91 Å². The molecule has 1 amide bonds. The van der Waals surface area contributed by atoms with Gasteiger partial charge in [-0.3, -0.25) is 4.79 Å². The Morgan fingerprint density at radius 2 is 1.95 bits per heavy atom. The molecule has 0 heterocycles. The van der Waals surface area contributed by atoms with E-state index < -0.39 is 0 Å². The van der Waals surface area contributed by atoms with E-state index in [1.807, 2.05) is 0 Å². The van der Waals surface area contributed by atoms with Crippen molar-refractivity contribution in [2.75, 3.05) is 6.54 Å². The molecule has 0 aliphatic heterocycles. The highest BCUT2D eigenvalue weighted by atomic mass is 16.1. The number of amides is 1. The summed E-state index contributed by atoms with van der Waals surface area (Å²) in [5, 5.41) is 6.77. The minimum Gasteiger partial charge on any atom is -0.353 e. The lowest BCUT2D eigenvalue weighted by Gasteiger charge is -2.43. The molecule has 3 atom stereocenters. The van der Waals surface area contributed by atoms with Gasteiger partial charge in [-0.05, 0) is 48.9 Å². The maximum absolute atomic E-state index is 11.7. The van der Waals surface area contributed by atoms with Gasteiger partial charge in [0.2, 0.25) is 5.91 Å². The van der Waals surface area contributed by atoms with Crippen LogP contribution in [0.25, 0.3) is 0 Å². The van der Waals surface area contributed by atoms with E-state index in [2.05, 4.69) is 31.4 Å². The minimum absolute atomic E-state index is 0.223. The molecular weight excluding hydrogens is 236 g/mol. The first kappa shape index (κ1) is 13.4. The van der Waals surface area contributed by atoms with Crippen molar-refractivity contribution >= 4 is 5.91 Å². The van der Waals surface area contributed by atoms with Gasteiger partial charge in [0, 0.05) is 25.0 Å². The summed E-state index contributed by atoms with van der Waals surface area (Å²) in [5.41, 5.74) is 0.848. The van der Waals surface area contributed by atoms with E-state index in [1.165, 1.54) is 32.1 Å². The first-order chi connectivity index (χ1) is 8.92. The third-order valence-electron chi connectivity index (χ3n) is 5.91. The SMILES string of the molecule is CC1(C)C(NCCC(=O)NC2CC2)[C@]2(C)CC[C@H]1C2. The smallest absolute Gasteiger partial charge is 0.221 e. The summed E-state index contributed by atoms with van der Waals surface area (Å²) in [6.45, 7) is 8.08. The normalized spacial score (nSPS) is 39.5. The molecule has 0 radical (unpaired) electrons. The number of fused-ring (bicyclic) bond motifs is 2. The van der Waals surface area contributed by atoms with Crippen LogP contribution in [-0.4, -0.2) is 24.5 Å². The lowest BCUT2D eigenvalue weighted by Crippen LogP contribution is -2.51. The molecule has 2 N–H and O–H groups in total. The van der Waals surface area contributed by atoms with Gasteiger partial charge in [0.25, 0.3) is 0 Å². The van der Waals surface area contributed by atoms with Gasteiger partial charge in [-0.15, -0.1) is 0 Å².